The van der Waals surface area contributed by atoms with Gasteiger partial charge in [-0.15, -0.1) is 11.3 Å². The predicted octanol–water partition coefficient (Wildman–Crippen LogP) is 1.65. The summed E-state index contributed by atoms with van der Waals surface area (Å²) in [5, 5.41) is 11.7. The van der Waals surface area contributed by atoms with E-state index < -0.39 is 6.10 Å². The number of aliphatic hydroxyl groups excluding tert-OH is 1. The molecule has 0 saturated carbocycles. The summed E-state index contributed by atoms with van der Waals surface area (Å²) in [6.07, 6.45) is -0.0799. The van der Waals surface area contributed by atoms with Gasteiger partial charge in [-0.1, -0.05) is 13.0 Å². The third-order valence-corrected chi connectivity index (χ3v) is 3.02. The minimum atomic E-state index is -0.560. The summed E-state index contributed by atoms with van der Waals surface area (Å²) < 4.78 is 0. The van der Waals surface area contributed by atoms with E-state index in [1.54, 1.807) is 11.9 Å². The Bertz CT molecular complexity index is 284. The van der Waals surface area contributed by atoms with Crippen molar-refractivity contribution in [1.29, 1.82) is 0 Å². The SMILES string of the molecule is CCC(=O)N(C)CC(O)c1cccs1. The second kappa shape index (κ2) is 5.12. The highest BCUT2D eigenvalue weighted by Gasteiger charge is 2.14. The van der Waals surface area contributed by atoms with Crippen LogP contribution in [0.2, 0.25) is 0 Å². The van der Waals surface area contributed by atoms with E-state index in [0.717, 1.165) is 4.88 Å². The monoisotopic (exact) mass is 213 g/mol. The molecule has 0 aromatic carbocycles. The molecule has 1 aromatic heterocycles. The van der Waals surface area contributed by atoms with Crippen molar-refractivity contribution in [3.05, 3.63) is 22.4 Å². The highest BCUT2D eigenvalue weighted by atomic mass is 32.1. The standard InChI is InChI=1S/C10H15NO2S/c1-3-10(13)11(2)7-8(12)9-5-4-6-14-9/h4-6,8,12H,3,7H2,1-2H3. The number of amides is 1. The Morgan fingerprint density at radius 2 is 2.43 bits per heavy atom. The molecule has 3 nitrogen and oxygen atoms in total. The van der Waals surface area contributed by atoms with Crippen LogP contribution < -0.4 is 0 Å². The van der Waals surface area contributed by atoms with Gasteiger partial charge in [-0.2, -0.15) is 0 Å². The fourth-order valence-electron chi connectivity index (χ4n) is 1.20. The van der Waals surface area contributed by atoms with Crippen molar-refractivity contribution in [1.82, 2.24) is 4.90 Å². The quantitative estimate of drug-likeness (QED) is 0.826. The second-order valence-electron chi connectivity index (χ2n) is 3.16. The van der Waals surface area contributed by atoms with Crippen LogP contribution in [0.5, 0.6) is 0 Å². The minimum Gasteiger partial charge on any atom is -0.386 e. The van der Waals surface area contributed by atoms with Gasteiger partial charge in [0.1, 0.15) is 6.10 Å². The number of likely N-dealkylation sites (N-methyl/N-ethyl adjacent to an activating group) is 1. The first-order valence-corrected chi connectivity index (χ1v) is 5.48. The van der Waals surface area contributed by atoms with Crippen LogP contribution in [-0.2, 0) is 4.79 Å². The molecule has 14 heavy (non-hydrogen) atoms. The van der Waals surface area contributed by atoms with Gasteiger partial charge in [0.05, 0.1) is 6.54 Å². The van der Waals surface area contributed by atoms with E-state index in [9.17, 15) is 9.90 Å². The van der Waals surface area contributed by atoms with Crippen molar-refractivity contribution < 1.29 is 9.90 Å². The van der Waals surface area contributed by atoms with Crippen LogP contribution >= 0.6 is 11.3 Å². The number of carbonyl (C=O) groups is 1. The summed E-state index contributed by atoms with van der Waals surface area (Å²) in [7, 11) is 1.71. The molecule has 0 aliphatic rings. The molecule has 1 unspecified atom stereocenters. The van der Waals surface area contributed by atoms with Gasteiger partial charge in [-0.25, -0.2) is 0 Å². The van der Waals surface area contributed by atoms with Gasteiger partial charge in [-0.3, -0.25) is 4.79 Å². The largest absolute Gasteiger partial charge is 0.386 e. The lowest BCUT2D eigenvalue weighted by molar-refractivity contribution is -0.130. The summed E-state index contributed by atoms with van der Waals surface area (Å²) in [5.74, 6) is 0.0561. The molecule has 0 saturated heterocycles. The Labute approximate surface area is 88.0 Å². The molecule has 4 heteroatoms. The van der Waals surface area contributed by atoms with Crippen molar-refractivity contribution in [2.75, 3.05) is 13.6 Å². The smallest absolute Gasteiger partial charge is 0.222 e. The number of aliphatic hydroxyl groups is 1. The van der Waals surface area contributed by atoms with Crippen LogP contribution in [0.3, 0.4) is 0 Å². The first kappa shape index (κ1) is 11.2. The van der Waals surface area contributed by atoms with Gasteiger partial charge in [0, 0.05) is 18.3 Å². The molecule has 0 radical (unpaired) electrons. The van der Waals surface area contributed by atoms with Crippen molar-refractivity contribution in [2.24, 2.45) is 0 Å². The molecule has 1 atom stereocenters. The van der Waals surface area contributed by atoms with E-state index in [0.29, 0.717) is 13.0 Å². The Balaban J connectivity index is 2.49. The highest BCUT2D eigenvalue weighted by Crippen LogP contribution is 2.19. The number of hydrogen-bond acceptors (Lipinski definition) is 3. The van der Waals surface area contributed by atoms with Crippen molar-refractivity contribution in [3.8, 4) is 0 Å². The van der Waals surface area contributed by atoms with Crippen LogP contribution in [0.15, 0.2) is 17.5 Å². The zero-order valence-corrected chi connectivity index (χ0v) is 9.25. The molecule has 0 fully saturated rings. The maximum absolute atomic E-state index is 11.2. The third kappa shape index (κ3) is 2.82. The van der Waals surface area contributed by atoms with E-state index in [1.165, 1.54) is 11.3 Å². The Morgan fingerprint density at radius 3 is 2.93 bits per heavy atom. The molecule has 1 N–H and O–H groups in total. The summed E-state index contributed by atoms with van der Waals surface area (Å²) in [4.78, 5) is 13.7. The first-order valence-electron chi connectivity index (χ1n) is 4.60. The van der Waals surface area contributed by atoms with Crippen molar-refractivity contribution in [2.45, 2.75) is 19.4 Å². The fourth-order valence-corrected chi connectivity index (χ4v) is 1.91. The molecular formula is C10H15NO2S. The van der Waals surface area contributed by atoms with Crippen LogP contribution in [-0.4, -0.2) is 29.5 Å². The zero-order chi connectivity index (χ0) is 10.6. The fraction of sp³-hybridized carbons (Fsp3) is 0.500. The zero-order valence-electron chi connectivity index (χ0n) is 8.43. The van der Waals surface area contributed by atoms with E-state index in [1.807, 2.05) is 24.4 Å². The summed E-state index contributed by atoms with van der Waals surface area (Å²) in [5.41, 5.74) is 0. The van der Waals surface area contributed by atoms with Crippen molar-refractivity contribution in [3.63, 3.8) is 0 Å². The summed E-state index contributed by atoms with van der Waals surface area (Å²) >= 11 is 1.50. The number of hydrogen-bond donors (Lipinski definition) is 1. The number of nitrogens with zero attached hydrogens (tertiary/aromatic N) is 1. The molecule has 0 spiro atoms. The number of rotatable bonds is 4. The Kier molecular flexibility index (Phi) is 4.10. The number of carbonyl (C=O) groups excluding carboxylic acids is 1. The molecule has 0 aliphatic heterocycles. The average Bonchev–Trinajstić information content (AvgIpc) is 2.69. The van der Waals surface area contributed by atoms with E-state index in [-0.39, 0.29) is 5.91 Å². The molecule has 1 rings (SSSR count). The van der Waals surface area contributed by atoms with E-state index >= 15 is 0 Å². The lowest BCUT2D eigenvalue weighted by Crippen LogP contribution is -2.30. The minimum absolute atomic E-state index is 0.0561. The summed E-state index contributed by atoms with van der Waals surface area (Å²) in [6, 6.07) is 3.77. The first-order chi connectivity index (χ1) is 6.65. The molecule has 0 aliphatic carbocycles. The van der Waals surface area contributed by atoms with E-state index in [2.05, 4.69) is 0 Å². The molecule has 1 aromatic rings. The molecule has 78 valence electrons. The Morgan fingerprint density at radius 1 is 1.71 bits per heavy atom. The van der Waals surface area contributed by atoms with Crippen LogP contribution in [0.25, 0.3) is 0 Å². The topological polar surface area (TPSA) is 40.5 Å². The van der Waals surface area contributed by atoms with Gasteiger partial charge in [0.15, 0.2) is 0 Å². The van der Waals surface area contributed by atoms with Crippen LogP contribution in [0, 0.1) is 0 Å². The van der Waals surface area contributed by atoms with Gasteiger partial charge in [0.25, 0.3) is 0 Å². The highest BCUT2D eigenvalue weighted by molar-refractivity contribution is 7.10. The summed E-state index contributed by atoms with van der Waals surface area (Å²) in [6.45, 7) is 2.18. The van der Waals surface area contributed by atoms with Gasteiger partial charge in [0.2, 0.25) is 5.91 Å². The lowest BCUT2D eigenvalue weighted by Gasteiger charge is -2.19. The van der Waals surface area contributed by atoms with E-state index in [4.69, 9.17) is 0 Å². The van der Waals surface area contributed by atoms with Gasteiger partial charge in [-0.05, 0) is 11.4 Å². The molecular weight excluding hydrogens is 198 g/mol. The van der Waals surface area contributed by atoms with Gasteiger partial charge >= 0.3 is 0 Å². The number of thiophene rings is 1. The normalized spacial score (nSPS) is 12.5. The molecule has 1 heterocycles. The third-order valence-electron chi connectivity index (χ3n) is 2.05. The van der Waals surface area contributed by atoms with Crippen LogP contribution in [0.4, 0.5) is 0 Å². The maximum Gasteiger partial charge on any atom is 0.222 e. The predicted molar refractivity (Wildman–Crippen MR) is 57.2 cm³/mol. The second-order valence-corrected chi connectivity index (χ2v) is 4.14. The van der Waals surface area contributed by atoms with Crippen molar-refractivity contribution >= 4 is 17.2 Å². The average molecular weight is 213 g/mol. The maximum atomic E-state index is 11.2. The van der Waals surface area contributed by atoms with Crippen LogP contribution in [0.1, 0.15) is 24.3 Å². The molecule has 0 bridgehead atoms. The Hall–Kier alpha value is -0.870. The molecule has 1 amide bonds. The van der Waals surface area contributed by atoms with Gasteiger partial charge < -0.3 is 10.0 Å². The lowest BCUT2D eigenvalue weighted by atomic mass is 10.2.